The summed E-state index contributed by atoms with van der Waals surface area (Å²) >= 11 is 0. The summed E-state index contributed by atoms with van der Waals surface area (Å²) in [5.41, 5.74) is 2.78. The fourth-order valence-corrected chi connectivity index (χ4v) is 5.08. The number of hydrogen-bond donors (Lipinski definition) is 1. The summed E-state index contributed by atoms with van der Waals surface area (Å²) < 4.78 is 5.82. The molecular formula is C31H33N3O4. The Morgan fingerprint density at radius 3 is 2.42 bits per heavy atom. The summed E-state index contributed by atoms with van der Waals surface area (Å²) in [6.45, 7) is 6.66. The van der Waals surface area contributed by atoms with E-state index in [0.29, 0.717) is 35.1 Å². The molecule has 2 fully saturated rings. The maximum absolute atomic E-state index is 13.4. The third kappa shape index (κ3) is 5.14. The topological polar surface area (TPSA) is 83.0 Å². The van der Waals surface area contributed by atoms with Crippen LogP contribution < -0.4 is 14.5 Å². The van der Waals surface area contributed by atoms with Crippen LogP contribution in [-0.4, -0.2) is 41.5 Å². The standard InChI is InChI=1S/C31H33N3O4/c1-21(2)20-38-26-10-6-8-22(18-26)29(35)27-28(23-9-7-15-32-19-23)34(31(37)30(27)36)25-13-11-24(12-14-25)33-16-4-3-5-17-33/h6-15,18-19,21,28,35H,3-5,16-17,20H2,1-2H3/b29-27+. The molecule has 0 bridgehead atoms. The van der Waals surface area contributed by atoms with E-state index in [1.807, 2.05) is 30.3 Å². The zero-order valence-corrected chi connectivity index (χ0v) is 21.8. The van der Waals surface area contributed by atoms with E-state index in [2.05, 4.69) is 23.7 Å². The molecule has 1 amide bonds. The molecular weight excluding hydrogens is 478 g/mol. The Bertz CT molecular complexity index is 1330. The highest BCUT2D eigenvalue weighted by molar-refractivity contribution is 6.51. The van der Waals surface area contributed by atoms with Gasteiger partial charge >= 0.3 is 0 Å². The smallest absolute Gasteiger partial charge is 0.300 e. The lowest BCUT2D eigenvalue weighted by Crippen LogP contribution is -2.30. The van der Waals surface area contributed by atoms with Crippen molar-refractivity contribution in [3.05, 3.63) is 89.8 Å². The second-order valence-corrected chi connectivity index (χ2v) is 10.3. The number of ketones is 1. The van der Waals surface area contributed by atoms with Crippen molar-refractivity contribution in [2.24, 2.45) is 5.92 Å². The molecule has 196 valence electrons. The number of piperidine rings is 1. The number of aliphatic hydroxyl groups is 1. The van der Waals surface area contributed by atoms with Gasteiger partial charge in [0.15, 0.2) is 0 Å². The zero-order chi connectivity index (χ0) is 26.6. The summed E-state index contributed by atoms with van der Waals surface area (Å²) in [4.78, 5) is 34.9. The van der Waals surface area contributed by atoms with Gasteiger partial charge in [-0.2, -0.15) is 0 Å². The number of Topliss-reactive ketones (excluding diaryl/α,β-unsaturated/α-hetero) is 1. The van der Waals surface area contributed by atoms with Crippen molar-refractivity contribution >= 4 is 28.8 Å². The van der Waals surface area contributed by atoms with Gasteiger partial charge in [-0.3, -0.25) is 19.5 Å². The quantitative estimate of drug-likeness (QED) is 0.248. The van der Waals surface area contributed by atoms with E-state index in [1.54, 1.807) is 42.7 Å². The van der Waals surface area contributed by atoms with Gasteiger partial charge in [-0.05, 0) is 73.2 Å². The molecule has 0 saturated carbocycles. The lowest BCUT2D eigenvalue weighted by molar-refractivity contribution is -0.132. The average molecular weight is 512 g/mol. The van der Waals surface area contributed by atoms with E-state index in [1.165, 1.54) is 24.2 Å². The highest BCUT2D eigenvalue weighted by atomic mass is 16.5. The van der Waals surface area contributed by atoms with Crippen LogP contribution in [-0.2, 0) is 9.59 Å². The normalized spacial score (nSPS) is 19.3. The molecule has 2 saturated heterocycles. The molecule has 2 aromatic carbocycles. The first-order valence-electron chi connectivity index (χ1n) is 13.2. The first kappa shape index (κ1) is 25.5. The summed E-state index contributed by atoms with van der Waals surface area (Å²) in [7, 11) is 0. The molecule has 38 heavy (non-hydrogen) atoms. The van der Waals surface area contributed by atoms with Crippen molar-refractivity contribution in [2.75, 3.05) is 29.5 Å². The molecule has 0 radical (unpaired) electrons. The van der Waals surface area contributed by atoms with Crippen molar-refractivity contribution in [1.29, 1.82) is 0 Å². The summed E-state index contributed by atoms with van der Waals surface area (Å²) in [6.07, 6.45) is 6.85. The SMILES string of the molecule is CC(C)COc1cccc(/C(O)=C2\C(=O)C(=O)N(c3ccc(N4CCCCC4)cc3)C2c2cccnc2)c1. The minimum Gasteiger partial charge on any atom is -0.507 e. The van der Waals surface area contributed by atoms with E-state index in [-0.39, 0.29) is 11.3 Å². The molecule has 1 N–H and O–H groups in total. The Morgan fingerprint density at radius 2 is 1.74 bits per heavy atom. The Balaban J connectivity index is 1.55. The minimum absolute atomic E-state index is 0.0316. The lowest BCUT2D eigenvalue weighted by atomic mass is 9.96. The number of anilines is 2. The predicted octanol–water partition coefficient (Wildman–Crippen LogP) is 5.73. The number of carbonyl (C=O) groups is 2. The van der Waals surface area contributed by atoms with E-state index < -0.39 is 17.7 Å². The number of carbonyl (C=O) groups excluding carboxylic acids is 2. The minimum atomic E-state index is -0.815. The van der Waals surface area contributed by atoms with Gasteiger partial charge in [-0.25, -0.2) is 0 Å². The van der Waals surface area contributed by atoms with Gasteiger partial charge in [0.25, 0.3) is 11.7 Å². The molecule has 1 atom stereocenters. The van der Waals surface area contributed by atoms with E-state index >= 15 is 0 Å². The number of ether oxygens (including phenoxy) is 1. The van der Waals surface area contributed by atoms with E-state index in [4.69, 9.17) is 4.74 Å². The van der Waals surface area contributed by atoms with Crippen LogP contribution in [0.5, 0.6) is 5.75 Å². The first-order chi connectivity index (χ1) is 18.4. The van der Waals surface area contributed by atoms with Crippen LogP contribution in [0.2, 0.25) is 0 Å². The van der Waals surface area contributed by atoms with Crippen LogP contribution in [0.1, 0.15) is 50.3 Å². The van der Waals surface area contributed by atoms with Crippen LogP contribution in [0, 0.1) is 5.92 Å². The van der Waals surface area contributed by atoms with Crippen molar-refractivity contribution in [3.63, 3.8) is 0 Å². The van der Waals surface area contributed by atoms with Gasteiger partial charge in [-0.1, -0.05) is 32.0 Å². The van der Waals surface area contributed by atoms with Crippen LogP contribution in [0.4, 0.5) is 11.4 Å². The van der Waals surface area contributed by atoms with Crippen molar-refractivity contribution < 1.29 is 19.4 Å². The molecule has 5 rings (SSSR count). The molecule has 7 heteroatoms. The van der Waals surface area contributed by atoms with Gasteiger partial charge in [0.05, 0.1) is 18.2 Å². The highest BCUT2D eigenvalue weighted by Crippen LogP contribution is 2.42. The molecule has 2 aliphatic rings. The summed E-state index contributed by atoms with van der Waals surface area (Å²) in [5, 5.41) is 11.4. The molecule has 0 aliphatic carbocycles. The van der Waals surface area contributed by atoms with Crippen LogP contribution >= 0.6 is 0 Å². The molecule has 1 aromatic heterocycles. The number of hydrogen-bond acceptors (Lipinski definition) is 6. The largest absolute Gasteiger partial charge is 0.507 e. The Morgan fingerprint density at radius 1 is 1.00 bits per heavy atom. The lowest BCUT2D eigenvalue weighted by Gasteiger charge is -2.30. The van der Waals surface area contributed by atoms with Gasteiger partial charge in [0.2, 0.25) is 0 Å². The number of pyridine rings is 1. The zero-order valence-electron chi connectivity index (χ0n) is 21.8. The summed E-state index contributed by atoms with van der Waals surface area (Å²) in [5.74, 6) is -0.726. The number of aromatic nitrogens is 1. The summed E-state index contributed by atoms with van der Waals surface area (Å²) in [6, 6.07) is 17.5. The molecule has 0 spiro atoms. The molecule has 1 unspecified atom stereocenters. The number of amides is 1. The van der Waals surface area contributed by atoms with Gasteiger partial charge < -0.3 is 14.7 Å². The van der Waals surface area contributed by atoms with Gasteiger partial charge in [0, 0.05) is 42.4 Å². The van der Waals surface area contributed by atoms with Crippen molar-refractivity contribution in [1.82, 2.24) is 4.98 Å². The van der Waals surface area contributed by atoms with E-state index in [0.717, 1.165) is 18.8 Å². The maximum atomic E-state index is 13.4. The maximum Gasteiger partial charge on any atom is 0.300 e. The number of rotatable bonds is 7. The molecule has 3 heterocycles. The van der Waals surface area contributed by atoms with Crippen LogP contribution in [0.3, 0.4) is 0 Å². The predicted molar refractivity (Wildman–Crippen MR) is 148 cm³/mol. The second kappa shape index (κ2) is 11.1. The second-order valence-electron chi connectivity index (χ2n) is 10.3. The van der Waals surface area contributed by atoms with Crippen molar-refractivity contribution in [3.8, 4) is 5.75 Å². The van der Waals surface area contributed by atoms with Crippen LogP contribution in [0.25, 0.3) is 5.76 Å². The Labute approximate surface area is 223 Å². The number of nitrogens with zero attached hydrogens (tertiary/aromatic N) is 3. The third-order valence-electron chi connectivity index (χ3n) is 6.98. The van der Waals surface area contributed by atoms with Gasteiger partial charge in [-0.15, -0.1) is 0 Å². The number of aliphatic hydroxyl groups excluding tert-OH is 1. The van der Waals surface area contributed by atoms with Crippen LogP contribution in [0.15, 0.2) is 78.6 Å². The Kier molecular flexibility index (Phi) is 7.45. The molecule has 7 nitrogen and oxygen atoms in total. The average Bonchev–Trinajstić information content (AvgIpc) is 3.22. The van der Waals surface area contributed by atoms with Crippen molar-refractivity contribution in [2.45, 2.75) is 39.2 Å². The fourth-order valence-electron chi connectivity index (χ4n) is 5.08. The first-order valence-corrected chi connectivity index (χ1v) is 13.2. The Hall–Kier alpha value is -4.13. The fraction of sp³-hybridized carbons (Fsp3) is 0.323. The monoisotopic (exact) mass is 511 g/mol. The van der Waals surface area contributed by atoms with Gasteiger partial charge in [0.1, 0.15) is 11.5 Å². The van der Waals surface area contributed by atoms with E-state index in [9.17, 15) is 14.7 Å². The molecule has 3 aromatic rings. The molecule has 2 aliphatic heterocycles. The number of benzene rings is 2. The third-order valence-corrected chi connectivity index (χ3v) is 6.98. The highest BCUT2D eigenvalue weighted by Gasteiger charge is 2.47.